The van der Waals surface area contributed by atoms with Gasteiger partial charge in [0.2, 0.25) is 0 Å². The first-order chi connectivity index (χ1) is 8.31. The number of anilines is 1. The van der Waals surface area contributed by atoms with Crippen molar-refractivity contribution in [2.24, 2.45) is 0 Å². The molecule has 0 aliphatic carbocycles. The molecule has 17 heavy (non-hydrogen) atoms. The molecule has 1 aliphatic rings. The normalized spacial score (nSPS) is 19.3. The third-order valence-corrected chi connectivity index (χ3v) is 3.07. The molecule has 0 bridgehead atoms. The molecule has 4 nitrogen and oxygen atoms in total. The number of rotatable bonds is 5. The molecule has 1 unspecified atom stereocenters. The second-order valence-corrected chi connectivity index (χ2v) is 4.43. The molecule has 1 aromatic rings. The van der Waals surface area contributed by atoms with Crippen LogP contribution in [-0.4, -0.2) is 37.8 Å². The number of nitrogens with zero attached hydrogens (tertiary/aromatic N) is 2. The van der Waals surface area contributed by atoms with Crippen molar-refractivity contribution in [2.75, 3.05) is 31.6 Å². The highest BCUT2D eigenvalue weighted by Gasteiger charge is 2.18. The van der Waals surface area contributed by atoms with Gasteiger partial charge in [0.25, 0.3) is 0 Å². The van der Waals surface area contributed by atoms with Gasteiger partial charge in [-0.15, -0.1) is 0 Å². The van der Waals surface area contributed by atoms with Crippen LogP contribution in [0.5, 0.6) is 5.75 Å². The van der Waals surface area contributed by atoms with Crippen molar-refractivity contribution in [3.05, 3.63) is 18.3 Å². The molecule has 0 aromatic carbocycles. The van der Waals surface area contributed by atoms with E-state index in [1.165, 1.54) is 12.8 Å². The van der Waals surface area contributed by atoms with Crippen LogP contribution in [0.15, 0.2) is 18.3 Å². The van der Waals surface area contributed by atoms with E-state index in [9.17, 15) is 0 Å². The summed E-state index contributed by atoms with van der Waals surface area (Å²) >= 11 is 0. The minimum atomic E-state index is 0.580. The molecule has 0 spiro atoms. The molecule has 2 rings (SSSR count). The summed E-state index contributed by atoms with van der Waals surface area (Å²) in [5.41, 5.74) is 0. The monoisotopic (exact) mass is 235 g/mol. The fraction of sp³-hybridized carbons (Fsp3) is 0.615. The molecule has 1 fully saturated rings. The minimum absolute atomic E-state index is 0.580. The van der Waals surface area contributed by atoms with Crippen molar-refractivity contribution >= 4 is 5.82 Å². The first-order valence-electron chi connectivity index (χ1n) is 6.33. The van der Waals surface area contributed by atoms with E-state index in [0.29, 0.717) is 12.6 Å². The maximum Gasteiger partial charge on any atom is 0.171 e. The van der Waals surface area contributed by atoms with Crippen LogP contribution in [0.4, 0.5) is 5.82 Å². The maximum atomic E-state index is 5.60. The molecule has 2 heterocycles. The maximum absolute atomic E-state index is 5.60. The van der Waals surface area contributed by atoms with Gasteiger partial charge in [0, 0.05) is 25.8 Å². The fourth-order valence-electron chi connectivity index (χ4n) is 2.27. The molecule has 1 atom stereocenters. The summed E-state index contributed by atoms with van der Waals surface area (Å²) in [4.78, 5) is 6.59. The van der Waals surface area contributed by atoms with Crippen LogP contribution in [0.25, 0.3) is 0 Å². The van der Waals surface area contributed by atoms with Gasteiger partial charge in [0.15, 0.2) is 11.6 Å². The van der Waals surface area contributed by atoms with Crippen LogP contribution in [0.1, 0.15) is 19.8 Å². The van der Waals surface area contributed by atoms with Gasteiger partial charge in [-0.1, -0.05) is 0 Å². The van der Waals surface area contributed by atoms with E-state index in [-0.39, 0.29) is 0 Å². The van der Waals surface area contributed by atoms with Crippen LogP contribution >= 0.6 is 0 Å². The highest BCUT2D eigenvalue weighted by Crippen LogP contribution is 2.24. The zero-order chi connectivity index (χ0) is 12.1. The summed E-state index contributed by atoms with van der Waals surface area (Å²) in [5, 5.41) is 3.50. The van der Waals surface area contributed by atoms with E-state index in [0.717, 1.165) is 24.7 Å². The smallest absolute Gasteiger partial charge is 0.171 e. The molecular formula is C13H21N3O. The number of ether oxygens (including phenoxy) is 1. The first kappa shape index (κ1) is 12.2. The van der Waals surface area contributed by atoms with Crippen LogP contribution in [-0.2, 0) is 0 Å². The quantitative estimate of drug-likeness (QED) is 0.842. The lowest BCUT2D eigenvalue weighted by Gasteiger charge is -2.24. The van der Waals surface area contributed by atoms with Crippen LogP contribution in [0.2, 0.25) is 0 Å². The molecular weight excluding hydrogens is 214 g/mol. The average Bonchev–Trinajstić information content (AvgIpc) is 2.83. The summed E-state index contributed by atoms with van der Waals surface area (Å²) in [7, 11) is 2.07. The van der Waals surface area contributed by atoms with Crippen molar-refractivity contribution in [1.82, 2.24) is 10.3 Å². The van der Waals surface area contributed by atoms with Crippen molar-refractivity contribution in [3.63, 3.8) is 0 Å². The highest BCUT2D eigenvalue weighted by atomic mass is 16.5. The van der Waals surface area contributed by atoms with Crippen molar-refractivity contribution in [3.8, 4) is 5.75 Å². The van der Waals surface area contributed by atoms with Crippen molar-refractivity contribution in [2.45, 2.75) is 25.8 Å². The standard InChI is InChI=1S/C13H21N3O/c1-3-17-12-7-5-9-15-13(12)16(2)10-11-6-4-8-14-11/h5,7,9,11,14H,3-4,6,8,10H2,1-2H3. The van der Waals surface area contributed by atoms with Crippen LogP contribution in [0.3, 0.4) is 0 Å². The van der Waals surface area contributed by atoms with Crippen molar-refractivity contribution in [1.29, 1.82) is 0 Å². The summed E-state index contributed by atoms with van der Waals surface area (Å²) in [5.74, 6) is 1.80. The third-order valence-electron chi connectivity index (χ3n) is 3.07. The van der Waals surface area contributed by atoms with E-state index < -0.39 is 0 Å². The second kappa shape index (κ2) is 5.87. The molecule has 94 valence electrons. The van der Waals surface area contributed by atoms with E-state index >= 15 is 0 Å². The van der Waals surface area contributed by atoms with Crippen molar-refractivity contribution < 1.29 is 4.74 Å². The predicted octanol–water partition coefficient (Wildman–Crippen LogP) is 1.67. The van der Waals surface area contributed by atoms with E-state index in [1.807, 2.05) is 25.3 Å². The lowest BCUT2D eigenvalue weighted by molar-refractivity contribution is 0.339. The average molecular weight is 235 g/mol. The van der Waals surface area contributed by atoms with Gasteiger partial charge in [0.1, 0.15) is 0 Å². The van der Waals surface area contributed by atoms with E-state index in [4.69, 9.17) is 4.74 Å². The molecule has 0 amide bonds. The highest BCUT2D eigenvalue weighted by molar-refractivity contribution is 5.51. The Morgan fingerprint density at radius 3 is 3.18 bits per heavy atom. The molecule has 4 heteroatoms. The predicted molar refractivity (Wildman–Crippen MR) is 69.7 cm³/mol. The summed E-state index contributed by atoms with van der Waals surface area (Å²) in [6.07, 6.45) is 4.34. The SMILES string of the molecule is CCOc1cccnc1N(C)CC1CCCN1. The van der Waals surface area contributed by atoms with Crippen LogP contribution in [0, 0.1) is 0 Å². The van der Waals surface area contributed by atoms with Gasteiger partial charge < -0.3 is 15.0 Å². The molecule has 0 saturated carbocycles. The van der Waals surface area contributed by atoms with Gasteiger partial charge in [-0.25, -0.2) is 4.98 Å². The zero-order valence-corrected chi connectivity index (χ0v) is 10.6. The van der Waals surface area contributed by atoms with Gasteiger partial charge in [-0.2, -0.15) is 0 Å². The molecule has 1 aliphatic heterocycles. The Kier molecular flexibility index (Phi) is 4.20. The molecule has 1 saturated heterocycles. The Morgan fingerprint density at radius 2 is 2.47 bits per heavy atom. The number of nitrogens with one attached hydrogen (secondary N) is 1. The van der Waals surface area contributed by atoms with Gasteiger partial charge in [-0.3, -0.25) is 0 Å². The van der Waals surface area contributed by atoms with E-state index in [1.54, 1.807) is 0 Å². The number of hydrogen-bond donors (Lipinski definition) is 1. The topological polar surface area (TPSA) is 37.4 Å². The van der Waals surface area contributed by atoms with Gasteiger partial charge >= 0.3 is 0 Å². The lowest BCUT2D eigenvalue weighted by atomic mass is 10.2. The summed E-state index contributed by atoms with van der Waals surface area (Å²) in [6, 6.07) is 4.47. The lowest BCUT2D eigenvalue weighted by Crippen LogP contribution is -2.35. The molecule has 1 N–H and O–H groups in total. The number of aromatic nitrogens is 1. The van der Waals surface area contributed by atoms with Crippen LogP contribution < -0.4 is 15.0 Å². The zero-order valence-electron chi connectivity index (χ0n) is 10.6. The number of likely N-dealkylation sites (N-methyl/N-ethyl adjacent to an activating group) is 1. The third kappa shape index (κ3) is 3.09. The van der Waals surface area contributed by atoms with Gasteiger partial charge in [-0.05, 0) is 38.4 Å². The second-order valence-electron chi connectivity index (χ2n) is 4.43. The first-order valence-corrected chi connectivity index (χ1v) is 6.33. The Balaban J connectivity index is 2.03. The number of pyridine rings is 1. The molecule has 0 radical (unpaired) electrons. The summed E-state index contributed by atoms with van der Waals surface area (Å²) in [6.45, 7) is 4.79. The minimum Gasteiger partial charge on any atom is -0.490 e. The Morgan fingerprint density at radius 1 is 1.59 bits per heavy atom. The molecule has 1 aromatic heterocycles. The summed E-state index contributed by atoms with van der Waals surface area (Å²) < 4.78 is 5.60. The fourth-order valence-corrected chi connectivity index (χ4v) is 2.27. The van der Waals surface area contributed by atoms with E-state index in [2.05, 4.69) is 22.2 Å². The Hall–Kier alpha value is -1.29. The Labute approximate surface area is 103 Å². The largest absolute Gasteiger partial charge is 0.490 e. The van der Waals surface area contributed by atoms with Gasteiger partial charge in [0.05, 0.1) is 6.61 Å². The Bertz CT molecular complexity index is 350. The number of hydrogen-bond acceptors (Lipinski definition) is 4.